The van der Waals surface area contributed by atoms with E-state index >= 15 is 0 Å². The van der Waals surface area contributed by atoms with E-state index in [0.717, 1.165) is 16.8 Å². The smallest absolute Gasteiger partial charge is 0.249 e. The number of halogens is 1. The first-order chi connectivity index (χ1) is 9.49. The lowest BCUT2D eigenvalue weighted by atomic mass is 10.0. The predicted octanol–water partition coefficient (Wildman–Crippen LogP) is 3.92. The Hall–Kier alpha value is -2.00. The van der Waals surface area contributed by atoms with Crippen molar-refractivity contribution in [2.75, 3.05) is 5.32 Å². The van der Waals surface area contributed by atoms with E-state index in [1.165, 1.54) is 0 Å². The predicted molar refractivity (Wildman–Crippen MR) is 83.2 cm³/mol. The molecule has 0 aromatic heterocycles. The molecule has 0 aliphatic rings. The average Bonchev–Trinajstić information content (AvgIpc) is 2.40. The third-order valence-electron chi connectivity index (χ3n) is 3.32. The fourth-order valence-corrected chi connectivity index (χ4v) is 2.35. The Morgan fingerprint density at radius 2 is 1.95 bits per heavy atom. The van der Waals surface area contributed by atoms with Crippen LogP contribution in [0.15, 0.2) is 42.5 Å². The second kappa shape index (κ2) is 5.97. The first-order valence-corrected chi connectivity index (χ1v) is 6.78. The van der Waals surface area contributed by atoms with Gasteiger partial charge in [0.15, 0.2) is 0 Å². The summed E-state index contributed by atoms with van der Waals surface area (Å²) in [6, 6.07) is 13.3. The molecule has 3 N–H and O–H groups in total. The van der Waals surface area contributed by atoms with Gasteiger partial charge >= 0.3 is 0 Å². The molecule has 0 aliphatic carbocycles. The molecule has 20 heavy (non-hydrogen) atoms. The van der Waals surface area contributed by atoms with Gasteiger partial charge in [0.1, 0.15) is 0 Å². The number of carbonyl (C=O) groups is 1. The Balaban J connectivity index is 2.26. The first-order valence-electron chi connectivity index (χ1n) is 6.40. The lowest BCUT2D eigenvalue weighted by Gasteiger charge is -2.18. The van der Waals surface area contributed by atoms with Crippen LogP contribution in [0.1, 0.15) is 34.5 Å². The molecule has 0 radical (unpaired) electrons. The third kappa shape index (κ3) is 3.11. The zero-order chi connectivity index (χ0) is 14.7. The van der Waals surface area contributed by atoms with Crippen LogP contribution in [0.2, 0.25) is 5.02 Å². The molecule has 4 heteroatoms. The van der Waals surface area contributed by atoms with Crippen LogP contribution in [0.25, 0.3) is 0 Å². The maximum absolute atomic E-state index is 11.4. The molecule has 0 fully saturated rings. The van der Waals surface area contributed by atoms with Gasteiger partial charge < -0.3 is 11.1 Å². The van der Waals surface area contributed by atoms with Crippen molar-refractivity contribution >= 4 is 23.2 Å². The maximum Gasteiger partial charge on any atom is 0.249 e. The average molecular weight is 289 g/mol. The van der Waals surface area contributed by atoms with E-state index < -0.39 is 5.91 Å². The van der Waals surface area contributed by atoms with Crippen LogP contribution in [0.4, 0.5) is 5.69 Å². The van der Waals surface area contributed by atoms with Crippen molar-refractivity contribution in [1.29, 1.82) is 0 Å². The third-order valence-corrected chi connectivity index (χ3v) is 3.56. The summed E-state index contributed by atoms with van der Waals surface area (Å²) in [5, 5.41) is 4.09. The van der Waals surface area contributed by atoms with Gasteiger partial charge in [0.05, 0.1) is 0 Å². The fraction of sp³-hybridized carbons (Fsp3) is 0.188. The van der Waals surface area contributed by atoms with Gasteiger partial charge in [-0.15, -0.1) is 0 Å². The minimum absolute atomic E-state index is 0.0792. The Morgan fingerprint density at radius 1 is 1.25 bits per heavy atom. The van der Waals surface area contributed by atoms with E-state index in [1.54, 1.807) is 6.07 Å². The number of carbonyl (C=O) groups excluding carboxylic acids is 1. The highest BCUT2D eigenvalue weighted by Crippen LogP contribution is 2.25. The number of benzene rings is 2. The number of amides is 1. The van der Waals surface area contributed by atoms with Crippen LogP contribution in [-0.4, -0.2) is 5.91 Å². The standard InChI is InChI=1S/C16H17ClN2O/c1-10-14(16(18)20)7-4-8-15(10)19-11(2)12-5-3-6-13(17)9-12/h3-9,11,19H,1-2H3,(H2,18,20). The van der Waals surface area contributed by atoms with Crippen LogP contribution < -0.4 is 11.1 Å². The van der Waals surface area contributed by atoms with Gasteiger partial charge in [-0.2, -0.15) is 0 Å². The minimum atomic E-state index is -0.415. The van der Waals surface area contributed by atoms with Gasteiger partial charge in [0, 0.05) is 22.3 Å². The van der Waals surface area contributed by atoms with Crippen molar-refractivity contribution in [1.82, 2.24) is 0 Å². The molecule has 0 spiro atoms. The molecule has 1 atom stereocenters. The summed E-state index contributed by atoms with van der Waals surface area (Å²) >= 11 is 6.00. The van der Waals surface area contributed by atoms with Gasteiger partial charge in [-0.05, 0) is 49.2 Å². The highest BCUT2D eigenvalue weighted by molar-refractivity contribution is 6.30. The fourth-order valence-electron chi connectivity index (χ4n) is 2.15. The molecule has 2 rings (SSSR count). The molecule has 0 aliphatic heterocycles. The number of anilines is 1. The van der Waals surface area contributed by atoms with Crippen LogP contribution in [0.5, 0.6) is 0 Å². The number of rotatable bonds is 4. The van der Waals surface area contributed by atoms with Crippen molar-refractivity contribution in [3.63, 3.8) is 0 Å². The molecule has 1 amide bonds. The van der Waals surface area contributed by atoms with Crippen molar-refractivity contribution in [3.8, 4) is 0 Å². The number of nitrogens with two attached hydrogens (primary N) is 1. The molecule has 1 unspecified atom stereocenters. The van der Waals surface area contributed by atoms with Crippen molar-refractivity contribution in [2.24, 2.45) is 5.73 Å². The monoisotopic (exact) mass is 288 g/mol. The zero-order valence-electron chi connectivity index (χ0n) is 11.5. The Bertz CT molecular complexity index is 640. The first kappa shape index (κ1) is 14.4. The molecule has 0 saturated heterocycles. The van der Waals surface area contributed by atoms with E-state index in [1.807, 2.05) is 50.2 Å². The van der Waals surface area contributed by atoms with Crippen LogP contribution in [-0.2, 0) is 0 Å². The Kier molecular flexibility index (Phi) is 4.30. The van der Waals surface area contributed by atoms with Gasteiger partial charge in [0.2, 0.25) is 5.91 Å². The summed E-state index contributed by atoms with van der Waals surface area (Å²) in [4.78, 5) is 11.4. The zero-order valence-corrected chi connectivity index (χ0v) is 12.2. The van der Waals surface area contributed by atoms with E-state index in [4.69, 9.17) is 17.3 Å². The summed E-state index contributed by atoms with van der Waals surface area (Å²) in [6.07, 6.45) is 0. The molecule has 0 heterocycles. The SMILES string of the molecule is Cc1c(NC(C)c2cccc(Cl)c2)cccc1C(N)=O. The number of primary amides is 1. The topological polar surface area (TPSA) is 55.1 Å². The second-order valence-electron chi connectivity index (χ2n) is 4.76. The van der Waals surface area contributed by atoms with E-state index in [9.17, 15) is 4.79 Å². The number of nitrogens with one attached hydrogen (secondary N) is 1. The van der Waals surface area contributed by atoms with Gasteiger partial charge in [-0.1, -0.05) is 29.8 Å². The van der Waals surface area contributed by atoms with E-state index in [0.29, 0.717) is 10.6 Å². The Labute approximate surface area is 123 Å². The summed E-state index contributed by atoms with van der Waals surface area (Å²) in [5.74, 6) is -0.415. The van der Waals surface area contributed by atoms with E-state index in [-0.39, 0.29) is 6.04 Å². The number of hydrogen-bond acceptors (Lipinski definition) is 2. The summed E-state index contributed by atoms with van der Waals surface area (Å²) in [7, 11) is 0. The van der Waals surface area contributed by atoms with Crippen LogP contribution in [0, 0.1) is 6.92 Å². The molecule has 2 aromatic carbocycles. The van der Waals surface area contributed by atoms with Crippen LogP contribution in [0.3, 0.4) is 0 Å². The van der Waals surface area contributed by atoms with Gasteiger partial charge in [-0.3, -0.25) is 4.79 Å². The van der Waals surface area contributed by atoms with Crippen LogP contribution >= 0.6 is 11.6 Å². The highest BCUT2D eigenvalue weighted by atomic mass is 35.5. The van der Waals surface area contributed by atoms with Crippen molar-refractivity contribution < 1.29 is 4.79 Å². The molecule has 0 bridgehead atoms. The van der Waals surface area contributed by atoms with Gasteiger partial charge in [0.25, 0.3) is 0 Å². The summed E-state index contributed by atoms with van der Waals surface area (Å²) < 4.78 is 0. The van der Waals surface area contributed by atoms with Crippen molar-refractivity contribution in [3.05, 3.63) is 64.2 Å². The molecular weight excluding hydrogens is 272 g/mol. The second-order valence-corrected chi connectivity index (χ2v) is 5.20. The molecule has 104 valence electrons. The lowest BCUT2D eigenvalue weighted by molar-refractivity contribution is 0.1000. The van der Waals surface area contributed by atoms with Gasteiger partial charge in [-0.25, -0.2) is 0 Å². The number of hydrogen-bond donors (Lipinski definition) is 2. The quantitative estimate of drug-likeness (QED) is 0.896. The largest absolute Gasteiger partial charge is 0.378 e. The molecular formula is C16H17ClN2O. The Morgan fingerprint density at radius 3 is 2.60 bits per heavy atom. The summed E-state index contributed by atoms with van der Waals surface area (Å²) in [5.41, 5.74) is 8.73. The van der Waals surface area contributed by atoms with Crippen molar-refractivity contribution in [2.45, 2.75) is 19.9 Å². The lowest BCUT2D eigenvalue weighted by Crippen LogP contribution is -2.15. The van der Waals surface area contributed by atoms with E-state index in [2.05, 4.69) is 5.32 Å². The summed E-state index contributed by atoms with van der Waals surface area (Å²) in [6.45, 7) is 3.93. The maximum atomic E-state index is 11.4. The molecule has 2 aromatic rings. The normalized spacial score (nSPS) is 11.9. The molecule has 3 nitrogen and oxygen atoms in total. The highest BCUT2D eigenvalue weighted by Gasteiger charge is 2.11. The molecule has 0 saturated carbocycles. The minimum Gasteiger partial charge on any atom is -0.378 e.